The van der Waals surface area contributed by atoms with E-state index in [2.05, 4.69) is 21.3 Å². The van der Waals surface area contributed by atoms with Gasteiger partial charge < -0.3 is 29.2 Å². The first kappa shape index (κ1) is 30.3. The molecule has 1 aromatic heterocycles. The van der Waals surface area contributed by atoms with Crippen molar-refractivity contribution in [3.63, 3.8) is 0 Å². The number of methoxy groups -OCH3 is 2. The Labute approximate surface area is 253 Å². The summed E-state index contributed by atoms with van der Waals surface area (Å²) >= 11 is 0. The van der Waals surface area contributed by atoms with Gasteiger partial charge in [0.15, 0.2) is 23.0 Å². The number of ether oxygens (including phenoxy) is 4. The van der Waals surface area contributed by atoms with E-state index in [-0.39, 0.29) is 6.04 Å². The molecule has 5 rings (SSSR count). The standard InChI is InChI=1S/C32H36N4O6S/c1-36(24-13-16-43(37,38)21-24)14-6-15-41-31-18-27-26(17-30(31)40-3)32(22(19-33)20-34-27)35-23-9-11-25(12-10-23)42-29-8-5-4-7-28(29)39-2/h4-5,7-12,17-18,20,24,37-38H,6,13-16,21H2,1-3H3,(H,34,35). The van der Waals surface area contributed by atoms with Gasteiger partial charge in [-0.25, -0.2) is 0 Å². The molecule has 2 heterocycles. The fourth-order valence-corrected chi connectivity index (χ4v) is 6.95. The summed E-state index contributed by atoms with van der Waals surface area (Å²) in [5.41, 5.74) is 2.43. The predicted molar refractivity (Wildman–Crippen MR) is 170 cm³/mol. The van der Waals surface area contributed by atoms with Crippen LogP contribution in [-0.4, -0.2) is 71.0 Å². The molecule has 43 heavy (non-hydrogen) atoms. The minimum absolute atomic E-state index is 0.181. The van der Waals surface area contributed by atoms with Gasteiger partial charge in [-0.2, -0.15) is 15.9 Å². The maximum atomic E-state index is 9.93. The third-order valence-electron chi connectivity index (χ3n) is 7.47. The number of pyridine rings is 1. The lowest BCUT2D eigenvalue weighted by Gasteiger charge is -2.29. The van der Waals surface area contributed by atoms with E-state index >= 15 is 0 Å². The number of anilines is 2. The van der Waals surface area contributed by atoms with Crippen molar-refractivity contribution in [2.75, 3.05) is 51.2 Å². The fourth-order valence-electron chi connectivity index (χ4n) is 5.10. The number of fused-ring (bicyclic) bond motifs is 1. The Morgan fingerprint density at radius 2 is 1.77 bits per heavy atom. The molecule has 3 N–H and O–H groups in total. The molecular formula is C32H36N4O6S. The van der Waals surface area contributed by atoms with Crippen LogP contribution in [0.5, 0.6) is 28.7 Å². The van der Waals surface area contributed by atoms with Crippen molar-refractivity contribution >= 4 is 32.9 Å². The van der Waals surface area contributed by atoms with E-state index in [9.17, 15) is 14.4 Å². The van der Waals surface area contributed by atoms with Crippen LogP contribution < -0.4 is 24.3 Å². The maximum absolute atomic E-state index is 9.93. The van der Waals surface area contributed by atoms with Crippen LogP contribution >= 0.6 is 10.6 Å². The summed E-state index contributed by atoms with van der Waals surface area (Å²) in [7, 11) is 2.77. The molecule has 0 radical (unpaired) electrons. The number of nitriles is 1. The molecule has 1 fully saturated rings. The number of rotatable bonds is 12. The van der Waals surface area contributed by atoms with Crippen LogP contribution in [0.1, 0.15) is 18.4 Å². The molecule has 0 bridgehead atoms. The highest BCUT2D eigenvalue weighted by molar-refractivity contribution is 8.24. The van der Waals surface area contributed by atoms with Crippen LogP contribution in [0.3, 0.4) is 0 Å². The second-order valence-electron chi connectivity index (χ2n) is 10.4. The number of benzene rings is 3. The Balaban J connectivity index is 1.29. The topological polar surface area (TPSA) is 129 Å². The second kappa shape index (κ2) is 13.4. The molecule has 0 saturated carbocycles. The maximum Gasteiger partial charge on any atom is 0.169 e. The van der Waals surface area contributed by atoms with Gasteiger partial charge in [-0.3, -0.25) is 14.1 Å². The van der Waals surface area contributed by atoms with E-state index in [1.54, 1.807) is 20.4 Å². The second-order valence-corrected chi connectivity index (χ2v) is 12.7. The summed E-state index contributed by atoms with van der Waals surface area (Å²) in [6, 6.07) is 20.9. The first-order valence-electron chi connectivity index (χ1n) is 14.0. The van der Waals surface area contributed by atoms with Crippen molar-refractivity contribution in [1.29, 1.82) is 5.26 Å². The van der Waals surface area contributed by atoms with Crippen molar-refractivity contribution < 1.29 is 28.1 Å². The number of aromatic nitrogens is 1. The molecule has 10 nitrogen and oxygen atoms in total. The lowest BCUT2D eigenvalue weighted by Crippen LogP contribution is -2.33. The lowest BCUT2D eigenvalue weighted by atomic mass is 10.1. The summed E-state index contributed by atoms with van der Waals surface area (Å²) in [6.45, 7) is 1.23. The van der Waals surface area contributed by atoms with Gasteiger partial charge in [0.1, 0.15) is 11.8 Å². The third-order valence-corrected chi connectivity index (χ3v) is 9.28. The first-order chi connectivity index (χ1) is 20.8. The summed E-state index contributed by atoms with van der Waals surface area (Å²) in [5, 5.41) is 13.9. The lowest BCUT2D eigenvalue weighted by molar-refractivity contribution is 0.223. The van der Waals surface area contributed by atoms with Crippen LogP contribution in [0.4, 0.5) is 11.4 Å². The van der Waals surface area contributed by atoms with Crippen molar-refractivity contribution in [1.82, 2.24) is 9.88 Å². The fraction of sp³-hybridized carbons (Fsp3) is 0.312. The normalized spacial score (nSPS) is 16.4. The molecular weight excluding hydrogens is 568 g/mol. The molecule has 1 aliphatic rings. The quantitative estimate of drug-likeness (QED) is 0.147. The molecule has 226 valence electrons. The molecule has 0 amide bonds. The van der Waals surface area contributed by atoms with Crippen LogP contribution in [-0.2, 0) is 0 Å². The summed E-state index contributed by atoms with van der Waals surface area (Å²) in [6.07, 6.45) is 3.10. The number of nitrogens with zero attached hydrogens (tertiary/aromatic N) is 3. The van der Waals surface area contributed by atoms with Crippen LogP contribution in [0.15, 0.2) is 66.9 Å². The molecule has 1 atom stereocenters. The molecule has 3 aromatic carbocycles. The van der Waals surface area contributed by atoms with Gasteiger partial charge in [0.25, 0.3) is 0 Å². The molecule has 11 heteroatoms. The van der Waals surface area contributed by atoms with Gasteiger partial charge >= 0.3 is 0 Å². The van der Waals surface area contributed by atoms with Crippen molar-refractivity contribution in [3.8, 4) is 34.8 Å². The number of para-hydroxylation sites is 2. The summed E-state index contributed by atoms with van der Waals surface area (Å²) < 4.78 is 42.9. The highest BCUT2D eigenvalue weighted by Crippen LogP contribution is 2.47. The smallest absolute Gasteiger partial charge is 0.169 e. The van der Waals surface area contributed by atoms with Crippen molar-refractivity contribution in [2.24, 2.45) is 0 Å². The van der Waals surface area contributed by atoms with E-state index in [4.69, 9.17) is 18.9 Å². The van der Waals surface area contributed by atoms with Gasteiger partial charge in [0.05, 0.1) is 43.3 Å². The Morgan fingerprint density at radius 3 is 2.44 bits per heavy atom. The molecule has 1 aliphatic heterocycles. The third kappa shape index (κ3) is 7.24. The zero-order valence-corrected chi connectivity index (χ0v) is 25.3. The molecule has 4 aromatic rings. The predicted octanol–water partition coefficient (Wildman–Crippen LogP) is 6.88. The first-order valence-corrected chi connectivity index (χ1v) is 15.8. The monoisotopic (exact) mass is 604 g/mol. The number of nitrogens with one attached hydrogen (secondary N) is 1. The van der Waals surface area contributed by atoms with Crippen molar-refractivity contribution in [3.05, 3.63) is 72.4 Å². The van der Waals surface area contributed by atoms with Gasteiger partial charge in [-0.05, 0) is 62.4 Å². The highest BCUT2D eigenvalue weighted by Gasteiger charge is 2.30. The average Bonchev–Trinajstić information content (AvgIpc) is 3.39. The zero-order chi connectivity index (χ0) is 30.4. The van der Waals surface area contributed by atoms with E-state index in [0.717, 1.165) is 30.5 Å². The zero-order valence-electron chi connectivity index (χ0n) is 24.4. The Kier molecular flexibility index (Phi) is 9.43. The summed E-state index contributed by atoms with van der Waals surface area (Å²) in [5.74, 6) is 3.92. The van der Waals surface area contributed by atoms with Gasteiger partial charge in [-0.15, -0.1) is 0 Å². The van der Waals surface area contributed by atoms with Crippen LogP contribution in [0.2, 0.25) is 0 Å². The molecule has 0 aliphatic carbocycles. The van der Waals surface area contributed by atoms with Crippen LogP contribution in [0, 0.1) is 11.3 Å². The Bertz CT molecular complexity index is 1610. The van der Waals surface area contributed by atoms with Gasteiger partial charge in [0, 0.05) is 41.7 Å². The average molecular weight is 605 g/mol. The minimum atomic E-state index is -2.42. The number of hydrogen-bond donors (Lipinski definition) is 3. The molecule has 1 saturated heterocycles. The van der Waals surface area contributed by atoms with E-state index in [0.29, 0.717) is 63.6 Å². The van der Waals surface area contributed by atoms with Crippen LogP contribution in [0.25, 0.3) is 10.9 Å². The largest absolute Gasteiger partial charge is 0.493 e. The number of hydrogen-bond acceptors (Lipinski definition) is 10. The Morgan fingerprint density at radius 1 is 1.02 bits per heavy atom. The Hall–Kier alpha value is -4.21. The molecule has 0 spiro atoms. The van der Waals surface area contributed by atoms with E-state index in [1.807, 2.05) is 67.7 Å². The van der Waals surface area contributed by atoms with Gasteiger partial charge in [-0.1, -0.05) is 12.1 Å². The van der Waals surface area contributed by atoms with Crippen molar-refractivity contribution in [2.45, 2.75) is 18.9 Å². The minimum Gasteiger partial charge on any atom is -0.493 e. The highest BCUT2D eigenvalue weighted by atomic mass is 32.3. The van der Waals surface area contributed by atoms with E-state index < -0.39 is 10.6 Å². The molecule has 1 unspecified atom stereocenters. The SMILES string of the molecule is COc1cc2c(Nc3ccc(Oc4ccccc4OC)cc3)c(C#N)cnc2cc1OCCCN(C)C1CCS(O)(O)C1. The van der Waals surface area contributed by atoms with Gasteiger partial charge in [0.2, 0.25) is 0 Å². The summed E-state index contributed by atoms with van der Waals surface area (Å²) in [4.78, 5) is 6.68. The van der Waals surface area contributed by atoms with E-state index in [1.165, 1.54) is 0 Å².